The molecule has 4 N–H and O–H groups in total. The van der Waals surface area contributed by atoms with Gasteiger partial charge in [0, 0.05) is 10.2 Å². The first-order valence-corrected chi connectivity index (χ1v) is 10.5. The van der Waals surface area contributed by atoms with E-state index in [9.17, 15) is 4.79 Å². The topological polar surface area (TPSA) is 110 Å². The van der Waals surface area contributed by atoms with Crippen LogP contribution in [0.2, 0.25) is 0 Å². The Balaban J connectivity index is 1.53. The Morgan fingerprint density at radius 2 is 2.07 bits per heavy atom. The van der Waals surface area contributed by atoms with Crippen molar-refractivity contribution in [2.75, 3.05) is 22.3 Å². The fourth-order valence-electron chi connectivity index (χ4n) is 2.35. The molecule has 0 saturated heterocycles. The summed E-state index contributed by atoms with van der Waals surface area (Å²) in [5.74, 6) is 6.26. The first kappa shape index (κ1) is 20.9. The minimum absolute atomic E-state index is 0.150. The van der Waals surface area contributed by atoms with Crippen molar-refractivity contribution in [3.63, 3.8) is 0 Å². The zero-order chi connectivity index (χ0) is 20.8. The van der Waals surface area contributed by atoms with E-state index in [1.54, 1.807) is 6.21 Å². The maximum absolute atomic E-state index is 12.2. The highest BCUT2D eigenvalue weighted by atomic mass is 79.9. The number of nitrogens with two attached hydrogens (primary N) is 1. The number of amides is 1. The molecule has 0 saturated carbocycles. The summed E-state index contributed by atoms with van der Waals surface area (Å²) < 4.78 is 2.22. The summed E-state index contributed by atoms with van der Waals surface area (Å²) in [4.78, 5) is 12.2. The highest BCUT2D eigenvalue weighted by Gasteiger charge is 2.12. The van der Waals surface area contributed by atoms with Gasteiger partial charge in [0.05, 0.1) is 12.0 Å². The third-order valence-corrected chi connectivity index (χ3v) is 5.45. The van der Waals surface area contributed by atoms with Crippen LogP contribution in [0.25, 0.3) is 0 Å². The lowest BCUT2D eigenvalue weighted by molar-refractivity contribution is -0.113. The van der Waals surface area contributed by atoms with Gasteiger partial charge in [0.15, 0.2) is 0 Å². The van der Waals surface area contributed by atoms with Crippen LogP contribution < -0.4 is 16.6 Å². The van der Waals surface area contributed by atoms with Crippen molar-refractivity contribution >= 4 is 51.4 Å². The van der Waals surface area contributed by atoms with Crippen LogP contribution in [0.5, 0.6) is 0 Å². The van der Waals surface area contributed by atoms with Crippen molar-refractivity contribution in [3.8, 4) is 0 Å². The molecule has 0 radical (unpaired) electrons. The molecular weight excluding hydrogens is 454 g/mol. The van der Waals surface area contributed by atoms with Crippen molar-refractivity contribution < 1.29 is 4.79 Å². The van der Waals surface area contributed by atoms with E-state index in [4.69, 9.17) is 5.84 Å². The first-order chi connectivity index (χ1) is 13.9. The predicted octanol–water partition coefficient (Wildman–Crippen LogP) is 3.55. The molecule has 8 nitrogen and oxygen atoms in total. The molecule has 3 aromatic rings. The highest BCUT2D eigenvalue weighted by Crippen LogP contribution is 2.18. The highest BCUT2D eigenvalue weighted by molar-refractivity contribution is 9.10. The van der Waals surface area contributed by atoms with Gasteiger partial charge in [0.25, 0.3) is 5.95 Å². The lowest BCUT2D eigenvalue weighted by Gasteiger charge is -2.07. The minimum Gasteiger partial charge on any atom is -0.334 e. The zero-order valence-electron chi connectivity index (χ0n) is 15.9. The molecule has 0 aliphatic heterocycles. The van der Waals surface area contributed by atoms with Crippen LogP contribution in [0.4, 0.5) is 11.6 Å². The Bertz CT molecular complexity index is 1050. The number of anilines is 2. The Morgan fingerprint density at radius 3 is 2.83 bits per heavy atom. The third kappa shape index (κ3) is 5.81. The largest absolute Gasteiger partial charge is 0.334 e. The average molecular weight is 474 g/mol. The van der Waals surface area contributed by atoms with E-state index in [0.717, 1.165) is 21.3 Å². The van der Waals surface area contributed by atoms with Crippen molar-refractivity contribution in [1.82, 2.24) is 14.9 Å². The van der Waals surface area contributed by atoms with Crippen molar-refractivity contribution in [1.29, 1.82) is 0 Å². The molecule has 29 heavy (non-hydrogen) atoms. The van der Waals surface area contributed by atoms with Crippen molar-refractivity contribution in [2.24, 2.45) is 5.10 Å². The number of rotatable bonds is 7. The fraction of sp³-hybridized carbons (Fsp3) is 0.158. The fourth-order valence-corrected chi connectivity index (χ4v) is 3.42. The number of nitrogens with one attached hydrogen (secondary N) is 2. The quantitative estimate of drug-likeness (QED) is 0.209. The SMILES string of the molecule is Cc1ccc(NC(=O)CSc2nnc(N/N=C/c3cccc(Br)c3)n2N)cc1C. The number of halogens is 1. The van der Waals surface area contributed by atoms with Gasteiger partial charge in [-0.05, 0) is 54.8 Å². The summed E-state index contributed by atoms with van der Waals surface area (Å²) in [5, 5.41) is 15.3. The Hall–Kier alpha value is -2.85. The van der Waals surface area contributed by atoms with Gasteiger partial charge in [0.1, 0.15) is 0 Å². The Morgan fingerprint density at radius 1 is 1.24 bits per heavy atom. The molecule has 1 amide bonds. The molecule has 0 atom stereocenters. The number of aromatic nitrogens is 3. The van der Waals surface area contributed by atoms with Crippen LogP contribution in [0.1, 0.15) is 16.7 Å². The summed E-state index contributed by atoms with van der Waals surface area (Å²) >= 11 is 4.59. The molecule has 150 valence electrons. The molecule has 0 aliphatic rings. The number of hydrogen-bond acceptors (Lipinski definition) is 7. The van der Waals surface area contributed by atoms with Gasteiger partial charge in [-0.3, -0.25) is 4.79 Å². The summed E-state index contributed by atoms with van der Waals surface area (Å²) in [5.41, 5.74) is 6.71. The van der Waals surface area contributed by atoms with Crippen LogP contribution in [0.3, 0.4) is 0 Å². The maximum atomic E-state index is 12.2. The van der Waals surface area contributed by atoms with Gasteiger partial charge in [0.2, 0.25) is 11.1 Å². The molecule has 1 heterocycles. The molecule has 10 heteroatoms. The van der Waals surface area contributed by atoms with E-state index in [1.807, 2.05) is 56.3 Å². The van der Waals surface area contributed by atoms with E-state index in [1.165, 1.54) is 22.0 Å². The normalized spacial score (nSPS) is 11.0. The average Bonchev–Trinajstić information content (AvgIpc) is 3.03. The summed E-state index contributed by atoms with van der Waals surface area (Å²) in [6, 6.07) is 13.5. The van der Waals surface area contributed by atoms with Crippen LogP contribution >= 0.6 is 27.7 Å². The van der Waals surface area contributed by atoms with Gasteiger partial charge >= 0.3 is 0 Å². The number of thioether (sulfide) groups is 1. The number of hydrogen-bond donors (Lipinski definition) is 3. The second kappa shape index (κ2) is 9.57. The van der Waals surface area contributed by atoms with E-state index in [-0.39, 0.29) is 17.6 Å². The standard InChI is InChI=1S/C19H20BrN7OS/c1-12-6-7-16(8-13(12)2)23-17(28)11-29-19-26-25-18(27(19)21)24-22-10-14-4-3-5-15(20)9-14/h3-10H,11,21H2,1-2H3,(H,23,28)(H,24,25)/b22-10+. The third-order valence-electron chi connectivity index (χ3n) is 4.01. The predicted molar refractivity (Wildman–Crippen MR) is 121 cm³/mol. The number of carbonyl (C=O) groups excluding carboxylic acids is 1. The van der Waals surface area contributed by atoms with Crippen LogP contribution in [0, 0.1) is 13.8 Å². The lowest BCUT2D eigenvalue weighted by Crippen LogP contribution is -2.17. The summed E-state index contributed by atoms with van der Waals surface area (Å²) in [6.07, 6.45) is 1.64. The molecule has 0 aliphatic carbocycles. The molecule has 0 spiro atoms. The zero-order valence-corrected chi connectivity index (χ0v) is 18.3. The molecule has 2 aromatic carbocycles. The van der Waals surface area contributed by atoms with E-state index in [2.05, 4.69) is 42.0 Å². The van der Waals surface area contributed by atoms with Gasteiger partial charge in [-0.1, -0.05) is 45.9 Å². The first-order valence-electron chi connectivity index (χ1n) is 8.67. The van der Waals surface area contributed by atoms with Gasteiger partial charge in [-0.2, -0.15) is 5.10 Å². The molecule has 1 aromatic heterocycles. The van der Waals surface area contributed by atoms with E-state index < -0.39 is 0 Å². The minimum atomic E-state index is -0.150. The van der Waals surface area contributed by atoms with Crippen molar-refractivity contribution in [2.45, 2.75) is 19.0 Å². The molecule has 0 unspecified atom stereocenters. The monoisotopic (exact) mass is 473 g/mol. The number of carbonyl (C=O) groups is 1. The summed E-state index contributed by atoms with van der Waals surface area (Å²) in [7, 11) is 0. The molecule has 3 rings (SSSR count). The van der Waals surface area contributed by atoms with Crippen molar-refractivity contribution in [3.05, 3.63) is 63.6 Å². The van der Waals surface area contributed by atoms with Gasteiger partial charge < -0.3 is 11.2 Å². The molecule has 0 fully saturated rings. The second-order valence-corrected chi connectivity index (χ2v) is 8.10. The van der Waals surface area contributed by atoms with Crippen LogP contribution in [0.15, 0.2) is 57.2 Å². The number of benzene rings is 2. The Labute approximate surface area is 181 Å². The van der Waals surface area contributed by atoms with E-state index in [0.29, 0.717) is 5.16 Å². The van der Waals surface area contributed by atoms with Gasteiger partial charge in [-0.15, -0.1) is 10.2 Å². The maximum Gasteiger partial charge on any atom is 0.264 e. The van der Waals surface area contributed by atoms with Crippen LogP contribution in [-0.2, 0) is 4.79 Å². The van der Waals surface area contributed by atoms with Gasteiger partial charge in [-0.25, -0.2) is 10.1 Å². The molecular formula is C19H20BrN7OS. The number of hydrazone groups is 1. The molecule has 0 bridgehead atoms. The number of nitrogens with zero attached hydrogens (tertiary/aromatic N) is 4. The lowest BCUT2D eigenvalue weighted by atomic mass is 10.1. The summed E-state index contributed by atoms with van der Waals surface area (Å²) in [6.45, 7) is 4.03. The smallest absolute Gasteiger partial charge is 0.264 e. The number of aryl methyl sites for hydroxylation is 2. The van der Waals surface area contributed by atoms with Crippen LogP contribution in [-0.4, -0.2) is 32.7 Å². The number of nitrogen functional groups attached to an aromatic ring is 1. The Kier molecular flexibility index (Phi) is 6.89. The second-order valence-electron chi connectivity index (χ2n) is 6.24. The van der Waals surface area contributed by atoms with E-state index >= 15 is 0 Å².